The molecule has 1 heterocycles. The van der Waals surface area contributed by atoms with E-state index in [9.17, 15) is 4.79 Å². The van der Waals surface area contributed by atoms with Gasteiger partial charge >= 0.3 is 0 Å². The molecule has 0 saturated carbocycles. The Bertz CT molecular complexity index is 195. The van der Waals surface area contributed by atoms with Gasteiger partial charge in [-0.25, -0.2) is 0 Å². The van der Waals surface area contributed by atoms with Crippen LogP contribution < -0.4 is 5.73 Å². The zero-order valence-electron chi connectivity index (χ0n) is 9.03. The van der Waals surface area contributed by atoms with Gasteiger partial charge in [0.25, 0.3) is 0 Å². The number of rotatable bonds is 4. The van der Waals surface area contributed by atoms with Gasteiger partial charge in [0.2, 0.25) is 5.91 Å². The average molecular weight is 200 g/mol. The summed E-state index contributed by atoms with van der Waals surface area (Å²) in [5.74, 6) is 0.557. The molecule has 0 aliphatic carbocycles. The maximum Gasteiger partial charge on any atom is 0.239 e. The number of likely N-dealkylation sites (tertiary alicyclic amines) is 1. The maximum atomic E-state index is 11.5. The van der Waals surface area contributed by atoms with Gasteiger partial charge in [0, 0.05) is 25.6 Å². The minimum absolute atomic E-state index is 0.0593. The molecule has 0 bridgehead atoms. The summed E-state index contributed by atoms with van der Waals surface area (Å²) in [7, 11) is 0. The Hall–Kier alpha value is -0.610. The summed E-state index contributed by atoms with van der Waals surface area (Å²) in [5, 5.41) is 0. The topological polar surface area (TPSA) is 55.6 Å². The van der Waals surface area contributed by atoms with Gasteiger partial charge in [-0.2, -0.15) is 0 Å². The third-order valence-electron chi connectivity index (χ3n) is 2.54. The van der Waals surface area contributed by atoms with Gasteiger partial charge in [0.05, 0.1) is 12.6 Å². The number of ether oxygens (including phenoxy) is 1. The molecule has 1 saturated heterocycles. The second kappa shape index (κ2) is 5.32. The minimum atomic E-state index is -0.374. The van der Waals surface area contributed by atoms with Crippen LogP contribution in [0.3, 0.4) is 0 Å². The van der Waals surface area contributed by atoms with E-state index >= 15 is 0 Å². The molecule has 1 rings (SSSR count). The first-order valence-electron chi connectivity index (χ1n) is 5.27. The van der Waals surface area contributed by atoms with Crippen LogP contribution in [0.4, 0.5) is 0 Å². The fourth-order valence-electron chi connectivity index (χ4n) is 1.74. The molecule has 14 heavy (non-hydrogen) atoms. The second-order valence-electron chi connectivity index (χ2n) is 3.89. The van der Waals surface area contributed by atoms with Crippen molar-refractivity contribution in [3.63, 3.8) is 0 Å². The SMILES string of the molecule is CCOC[C@H]1CCN(C(=O)[C@H](C)N)C1. The van der Waals surface area contributed by atoms with Crippen LogP contribution in [0.2, 0.25) is 0 Å². The zero-order valence-corrected chi connectivity index (χ0v) is 9.03. The minimum Gasteiger partial charge on any atom is -0.381 e. The van der Waals surface area contributed by atoms with Crippen LogP contribution in [0.25, 0.3) is 0 Å². The fourth-order valence-corrected chi connectivity index (χ4v) is 1.74. The lowest BCUT2D eigenvalue weighted by atomic mass is 10.1. The third kappa shape index (κ3) is 2.96. The Morgan fingerprint density at radius 3 is 3.00 bits per heavy atom. The van der Waals surface area contributed by atoms with Crippen molar-refractivity contribution in [1.29, 1.82) is 0 Å². The summed E-state index contributed by atoms with van der Waals surface area (Å²) < 4.78 is 5.34. The lowest BCUT2D eigenvalue weighted by Crippen LogP contribution is -2.40. The smallest absolute Gasteiger partial charge is 0.239 e. The Balaban J connectivity index is 2.30. The van der Waals surface area contributed by atoms with Gasteiger partial charge in [0.1, 0.15) is 0 Å². The van der Waals surface area contributed by atoms with Crippen LogP contribution in [0.5, 0.6) is 0 Å². The first-order chi connectivity index (χ1) is 6.65. The van der Waals surface area contributed by atoms with E-state index in [1.54, 1.807) is 6.92 Å². The molecule has 2 N–H and O–H groups in total. The van der Waals surface area contributed by atoms with Gasteiger partial charge in [-0.05, 0) is 20.3 Å². The molecule has 0 aromatic heterocycles. The summed E-state index contributed by atoms with van der Waals surface area (Å²) in [4.78, 5) is 13.4. The van der Waals surface area contributed by atoms with Crippen LogP contribution in [0, 0.1) is 5.92 Å². The summed E-state index contributed by atoms with van der Waals surface area (Å²) in [6.07, 6.45) is 1.04. The quantitative estimate of drug-likeness (QED) is 0.706. The molecule has 1 amide bonds. The van der Waals surface area contributed by atoms with Crippen LogP contribution in [0.15, 0.2) is 0 Å². The van der Waals surface area contributed by atoms with Crippen molar-refractivity contribution < 1.29 is 9.53 Å². The molecule has 4 heteroatoms. The average Bonchev–Trinajstić information content (AvgIpc) is 2.61. The highest BCUT2D eigenvalue weighted by atomic mass is 16.5. The van der Waals surface area contributed by atoms with E-state index in [0.717, 1.165) is 32.7 Å². The molecule has 1 aliphatic heterocycles. The van der Waals surface area contributed by atoms with Crippen LogP contribution >= 0.6 is 0 Å². The number of carbonyl (C=O) groups excluding carboxylic acids is 1. The largest absolute Gasteiger partial charge is 0.381 e. The monoisotopic (exact) mass is 200 g/mol. The van der Waals surface area contributed by atoms with Crippen molar-refractivity contribution in [2.45, 2.75) is 26.3 Å². The van der Waals surface area contributed by atoms with Crippen molar-refractivity contribution in [2.24, 2.45) is 11.7 Å². The zero-order chi connectivity index (χ0) is 10.6. The Morgan fingerprint density at radius 1 is 1.71 bits per heavy atom. The summed E-state index contributed by atoms with van der Waals surface area (Å²) in [5.41, 5.74) is 5.54. The van der Waals surface area contributed by atoms with E-state index in [-0.39, 0.29) is 11.9 Å². The lowest BCUT2D eigenvalue weighted by molar-refractivity contribution is -0.131. The number of hydrogen-bond donors (Lipinski definition) is 1. The number of hydrogen-bond acceptors (Lipinski definition) is 3. The summed E-state index contributed by atoms with van der Waals surface area (Å²) in [6.45, 7) is 6.87. The molecule has 0 radical (unpaired) electrons. The summed E-state index contributed by atoms with van der Waals surface area (Å²) in [6, 6.07) is -0.374. The first-order valence-corrected chi connectivity index (χ1v) is 5.27. The van der Waals surface area contributed by atoms with Gasteiger partial charge in [0.15, 0.2) is 0 Å². The van der Waals surface area contributed by atoms with Crippen molar-refractivity contribution >= 4 is 5.91 Å². The third-order valence-corrected chi connectivity index (χ3v) is 2.54. The molecule has 82 valence electrons. The highest BCUT2D eigenvalue weighted by Crippen LogP contribution is 2.16. The highest BCUT2D eigenvalue weighted by Gasteiger charge is 2.27. The molecule has 4 nitrogen and oxygen atoms in total. The van der Waals surface area contributed by atoms with E-state index in [1.807, 2.05) is 11.8 Å². The van der Waals surface area contributed by atoms with Gasteiger partial charge in [-0.1, -0.05) is 0 Å². The number of carbonyl (C=O) groups is 1. The second-order valence-corrected chi connectivity index (χ2v) is 3.89. The molecule has 0 unspecified atom stereocenters. The van der Waals surface area contributed by atoms with E-state index < -0.39 is 0 Å². The summed E-state index contributed by atoms with van der Waals surface area (Å²) >= 11 is 0. The Labute approximate surface area is 85.4 Å². The molecule has 0 spiro atoms. The van der Waals surface area contributed by atoms with E-state index in [0.29, 0.717) is 5.92 Å². The molecular formula is C10H20N2O2. The number of amides is 1. The standard InChI is InChI=1S/C10H20N2O2/c1-3-14-7-9-4-5-12(6-9)10(13)8(2)11/h8-9H,3-7,11H2,1-2H3/t8-,9-/m0/s1. The Morgan fingerprint density at radius 2 is 2.43 bits per heavy atom. The van der Waals surface area contributed by atoms with Crippen molar-refractivity contribution in [3.8, 4) is 0 Å². The number of nitrogens with zero attached hydrogens (tertiary/aromatic N) is 1. The van der Waals surface area contributed by atoms with Gasteiger partial charge in [-0.15, -0.1) is 0 Å². The van der Waals surface area contributed by atoms with Crippen LogP contribution in [-0.4, -0.2) is 43.2 Å². The maximum absolute atomic E-state index is 11.5. The normalized spacial score (nSPS) is 23.9. The predicted octanol–water partition coefficient (Wildman–Crippen LogP) is 0.219. The lowest BCUT2D eigenvalue weighted by Gasteiger charge is -2.18. The molecule has 0 aromatic carbocycles. The van der Waals surface area contributed by atoms with E-state index in [2.05, 4.69) is 0 Å². The predicted molar refractivity (Wildman–Crippen MR) is 54.8 cm³/mol. The van der Waals surface area contributed by atoms with Crippen LogP contribution in [-0.2, 0) is 9.53 Å². The van der Waals surface area contributed by atoms with Crippen molar-refractivity contribution in [1.82, 2.24) is 4.90 Å². The van der Waals surface area contributed by atoms with Crippen LogP contribution in [0.1, 0.15) is 20.3 Å². The molecule has 1 fully saturated rings. The molecule has 1 aliphatic rings. The van der Waals surface area contributed by atoms with Crippen molar-refractivity contribution in [3.05, 3.63) is 0 Å². The van der Waals surface area contributed by atoms with E-state index in [1.165, 1.54) is 0 Å². The molecular weight excluding hydrogens is 180 g/mol. The van der Waals surface area contributed by atoms with Gasteiger partial charge in [-0.3, -0.25) is 4.79 Å². The van der Waals surface area contributed by atoms with E-state index in [4.69, 9.17) is 10.5 Å². The highest BCUT2D eigenvalue weighted by molar-refractivity contribution is 5.81. The number of nitrogens with two attached hydrogens (primary N) is 1. The van der Waals surface area contributed by atoms with Gasteiger partial charge < -0.3 is 15.4 Å². The fraction of sp³-hybridized carbons (Fsp3) is 0.900. The van der Waals surface area contributed by atoms with Crippen molar-refractivity contribution in [2.75, 3.05) is 26.3 Å². The first kappa shape index (κ1) is 11.5. The Kier molecular flexibility index (Phi) is 4.35. The molecule has 2 atom stereocenters. The molecule has 0 aromatic rings.